The van der Waals surface area contributed by atoms with Gasteiger partial charge in [-0.2, -0.15) is 0 Å². The summed E-state index contributed by atoms with van der Waals surface area (Å²) in [4.78, 5) is 29.3. The number of carbonyl (C=O) groups excluding carboxylic acids is 1. The average molecular weight is 317 g/mol. The summed E-state index contributed by atoms with van der Waals surface area (Å²) < 4.78 is 20.4. The molecule has 1 aromatic carbocycles. The molecule has 0 saturated carbocycles. The van der Waals surface area contributed by atoms with Gasteiger partial charge < -0.3 is 19.8 Å². The van der Waals surface area contributed by atoms with Crippen LogP contribution >= 0.6 is 7.82 Å². The van der Waals surface area contributed by atoms with E-state index in [-0.39, 0.29) is 6.61 Å². The van der Waals surface area contributed by atoms with Crippen LogP contribution in [-0.2, 0) is 13.8 Å². The van der Waals surface area contributed by atoms with Gasteiger partial charge in [0.05, 0.1) is 12.6 Å². The quantitative estimate of drug-likeness (QED) is 0.720. The number of carbonyl (C=O) groups is 1. The SMILES string of the molecule is CC(C)(C)OC(=O)N[C@@H](COP(=O)(O)O)c1ccccc1. The van der Waals surface area contributed by atoms with Gasteiger partial charge >= 0.3 is 13.9 Å². The molecule has 0 aliphatic carbocycles. The molecule has 0 fully saturated rings. The van der Waals surface area contributed by atoms with Crippen molar-refractivity contribution in [3.63, 3.8) is 0 Å². The summed E-state index contributed by atoms with van der Waals surface area (Å²) in [5.74, 6) is 0. The zero-order valence-electron chi connectivity index (χ0n) is 12.1. The molecule has 1 rings (SSSR count). The van der Waals surface area contributed by atoms with E-state index in [9.17, 15) is 9.36 Å². The van der Waals surface area contributed by atoms with Crippen LogP contribution in [0.4, 0.5) is 4.79 Å². The monoisotopic (exact) mass is 317 g/mol. The highest BCUT2D eigenvalue weighted by Crippen LogP contribution is 2.37. The maximum absolute atomic E-state index is 11.8. The summed E-state index contributed by atoms with van der Waals surface area (Å²) in [5, 5.41) is 2.53. The third-order valence-electron chi connectivity index (χ3n) is 2.30. The molecule has 0 radical (unpaired) electrons. The summed E-state index contributed by atoms with van der Waals surface area (Å²) >= 11 is 0. The Morgan fingerprint density at radius 2 is 1.86 bits per heavy atom. The average Bonchev–Trinajstić information content (AvgIpc) is 2.32. The molecule has 0 unspecified atom stereocenters. The molecule has 0 spiro atoms. The lowest BCUT2D eigenvalue weighted by atomic mass is 10.1. The van der Waals surface area contributed by atoms with Crippen molar-refractivity contribution in [2.24, 2.45) is 0 Å². The van der Waals surface area contributed by atoms with E-state index < -0.39 is 25.6 Å². The Balaban J connectivity index is 2.78. The Kier molecular flexibility index (Phi) is 5.92. The first-order valence-electron chi connectivity index (χ1n) is 6.31. The number of nitrogens with one attached hydrogen (secondary N) is 1. The molecule has 7 nitrogen and oxygen atoms in total. The zero-order chi connectivity index (χ0) is 16.1. The van der Waals surface area contributed by atoms with Gasteiger partial charge in [0.1, 0.15) is 5.60 Å². The lowest BCUT2D eigenvalue weighted by Crippen LogP contribution is -2.36. The molecule has 8 heteroatoms. The van der Waals surface area contributed by atoms with Crippen molar-refractivity contribution in [1.29, 1.82) is 0 Å². The van der Waals surface area contributed by atoms with Crippen LogP contribution in [-0.4, -0.2) is 28.1 Å². The highest BCUT2D eigenvalue weighted by molar-refractivity contribution is 7.46. The van der Waals surface area contributed by atoms with E-state index >= 15 is 0 Å². The van der Waals surface area contributed by atoms with E-state index in [1.165, 1.54) is 0 Å². The van der Waals surface area contributed by atoms with Crippen molar-refractivity contribution in [2.75, 3.05) is 6.61 Å². The van der Waals surface area contributed by atoms with Crippen LogP contribution in [0.5, 0.6) is 0 Å². The van der Waals surface area contributed by atoms with Crippen molar-refractivity contribution in [3.8, 4) is 0 Å². The minimum atomic E-state index is -4.62. The van der Waals surface area contributed by atoms with Crippen molar-refractivity contribution in [3.05, 3.63) is 35.9 Å². The van der Waals surface area contributed by atoms with E-state index in [0.29, 0.717) is 5.56 Å². The van der Waals surface area contributed by atoms with Gasteiger partial charge in [-0.1, -0.05) is 30.3 Å². The number of phosphoric ester groups is 1. The van der Waals surface area contributed by atoms with Crippen molar-refractivity contribution >= 4 is 13.9 Å². The third-order valence-corrected chi connectivity index (χ3v) is 2.79. The smallest absolute Gasteiger partial charge is 0.444 e. The Morgan fingerprint density at radius 3 is 2.33 bits per heavy atom. The van der Waals surface area contributed by atoms with E-state index in [0.717, 1.165) is 0 Å². The third kappa shape index (κ3) is 7.82. The maximum atomic E-state index is 11.8. The molecule has 21 heavy (non-hydrogen) atoms. The summed E-state index contributed by atoms with van der Waals surface area (Å²) in [5.41, 5.74) is -0.0214. The fourth-order valence-corrected chi connectivity index (χ4v) is 1.87. The maximum Gasteiger partial charge on any atom is 0.469 e. The number of benzene rings is 1. The molecule has 0 aromatic heterocycles. The summed E-state index contributed by atoms with van der Waals surface area (Å²) in [6, 6.07) is 7.98. The molecule has 0 heterocycles. The lowest BCUT2D eigenvalue weighted by molar-refractivity contribution is 0.0478. The van der Waals surface area contributed by atoms with Crippen LogP contribution in [0, 0.1) is 0 Å². The second kappa shape index (κ2) is 7.04. The molecule has 3 N–H and O–H groups in total. The Hall–Kier alpha value is -1.40. The summed E-state index contributed by atoms with van der Waals surface area (Å²) in [6.07, 6.45) is -0.689. The first kappa shape index (κ1) is 17.7. The van der Waals surface area contributed by atoms with Crippen LogP contribution < -0.4 is 5.32 Å². The van der Waals surface area contributed by atoms with Gasteiger partial charge in [-0.25, -0.2) is 9.36 Å². The van der Waals surface area contributed by atoms with Crippen molar-refractivity contribution in [2.45, 2.75) is 32.4 Å². The van der Waals surface area contributed by atoms with Crippen molar-refractivity contribution in [1.82, 2.24) is 5.32 Å². The molecule has 0 aliphatic heterocycles. The fraction of sp³-hybridized carbons (Fsp3) is 0.462. The van der Waals surface area contributed by atoms with Gasteiger partial charge in [0.2, 0.25) is 0 Å². The van der Waals surface area contributed by atoms with Crippen LogP contribution in [0.25, 0.3) is 0 Å². The Labute approximate surface area is 123 Å². The van der Waals surface area contributed by atoms with Gasteiger partial charge in [0.15, 0.2) is 0 Å². The number of phosphoric acid groups is 1. The van der Waals surface area contributed by atoms with Gasteiger partial charge in [0, 0.05) is 0 Å². The number of alkyl carbamates (subject to hydrolysis) is 1. The normalized spacial score (nSPS) is 13.6. The highest BCUT2D eigenvalue weighted by Gasteiger charge is 2.23. The number of hydrogen-bond acceptors (Lipinski definition) is 4. The topological polar surface area (TPSA) is 105 Å². The van der Waals surface area contributed by atoms with E-state index in [1.54, 1.807) is 51.1 Å². The predicted molar refractivity (Wildman–Crippen MR) is 76.5 cm³/mol. The predicted octanol–water partition coefficient (Wildman–Crippen LogP) is 2.36. The first-order valence-corrected chi connectivity index (χ1v) is 7.84. The first-order chi connectivity index (χ1) is 9.57. The number of hydrogen-bond donors (Lipinski definition) is 3. The van der Waals surface area contributed by atoms with Gasteiger partial charge in [-0.3, -0.25) is 4.52 Å². The second-order valence-corrected chi connectivity index (χ2v) is 6.64. The molecule has 1 atom stereocenters. The van der Waals surface area contributed by atoms with Gasteiger partial charge in [-0.05, 0) is 26.3 Å². The molecular formula is C13H20NO6P. The molecule has 0 saturated heterocycles. The van der Waals surface area contributed by atoms with E-state index in [4.69, 9.17) is 14.5 Å². The minimum Gasteiger partial charge on any atom is -0.444 e. The molecular weight excluding hydrogens is 297 g/mol. The Morgan fingerprint density at radius 1 is 1.29 bits per heavy atom. The molecule has 0 aliphatic rings. The summed E-state index contributed by atoms with van der Waals surface area (Å²) in [6.45, 7) is 4.79. The summed E-state index contributed by atoms with van der Waals surface area (Å²) in [7, 11) is -4.62. The highest BCUT2D eigenvalue weighted by atomic mass is 31.2. The standard InChI is InChI=1S/C13H20NO6P/c1-13(2,3)20-12(15)14-11(9-19-21(16,17)18)10-7-5-4-6-8-10/h4-8,11H,9H2,1-3H3,(H,14,15)(H2,16,17,18)/t11-/m0/s1. The molecule has 0 bridgehead atoms. The van der Waals surface area contributed by atoms with E-state index in [2.05, 4.69) is 9.84 Å². The van der Waals surface area contributed by atoms with Crippen molar-refractivity contribution < 1.29 is 28.4 Å². The number of amides is 1. The van der Waals surface area contributed by atoms with Crippen LogP contribution in [0.15, 0.2) is 30.3 Å². The second-order valence-electron chi connectivity index (χ2n) is 5.40. The van der Waals surface area contributed by atoms with Crippen LogP contribution in [0.2, 0.25) is 0 Å². The zero-order valence-corrected chi connectivity index (χ0v) is 13.0. The minimum absolute atomic E-state index is 0.368. The van der Waals surface area contributed by atoms with E-state index in [1.807, 2.05) is 0 Å². The lowest BCUT2D eigenvalue weighted by Gasteiger charge is -2.24. The molecule has 118 valence electrons. The van der Waals surface area contributed by atoms with Gasteiger partial charge in [-0.15, -0.1) is 0 Å². The van der Waals surface area contributed by atoms with Crippen LogP contribution in [0.3, 0.4) is 0 Å². The largest absolute Gasteiger partial charge is 0.469 e. The van der Waals surface area contributed by atoms with Gasteiger partial charge in [0.25, 0.3) is 0 Å². The number of ether oxygens (including phenoxy) is 1. The number of rotatable bonds is 5. The fourth-order valence-electron chi connectivity index (χ4n) is 1.53. The van der Waals surface area contributed by atoms with Crippen LogP contribution in [0.1, 0.15) is 32.4 Å². The Bertz CT molecular complexity index is 507. The molecule has 1 amide bonds. The molecule has 1 aromatic rings.